The predicted molar refractivity (Wildman–Crippen MR) is 73.9 cm³/mol. The fraction of sp³-hybridized carbons (Fsp3) is 0.538. The van der Waals surface area contributed by atoms with Gasteiger partial charge in [0, 0.05) is 6.32 Å². The van der Waals surface area contributed by atoms with E-state index in [1.807, 2.05) is 33.8 Å². The highest BCUT2D eigenvalue weighted by atomic mass is 79.9. The average molecular weight is 315 g/mol. The molecule has 0 saturated carbocycles. The summed E-state index contributed by atoms with van der Waals surface area (Å²) in [5.41, 5.74) is -0.150. The molecule has 2 nitrogen and oxygen atoms in total. The molecule has 98 valence electrons. The number of benzene rings is 1. The second-order valence-electron chi connectivity index (χ2n) is 5.60. The molecule has 0 unspecified atom stereocenters. The Balaban J connectivity index is 2.15. The van der Waals surface area contributed by atoms with Crippen molar-refractivity contribution >= 4 is 23.0 Å². The van der Waals surface area contributed by atoms with Crippen LogP contribution in [0.15, 0.2) is 22.7 Å². The fourth-order valence-corrected chi connectivity index (χ4v) is 2.34. The SMILES string of the molecule is CC1(C)OB(Cc2cccc(Br)c2F)OC1(C)C. The van der Waals surface area contributed by atoms with E-state index in [2.05, 4.69) is 15.9 Å². The van der Waals surface area contributed by atoms with Crippen molar-refractivity contribution in [1.29, 1.82) is 0 Å². The maximum Gasteiger partial charge on any atom is 0.462 e. The van der Waals surface area contributed by atoms with Crippen LogP contribution in [0.4, 0.5) is 4.39 Å². The molecular weight excluding hydrogens is 298 g/mol. The highest BCUT2D eigenvalue weighted by Gasteiger charge is 2.50. The summed E-state index contributed by atoms with van der Waals surface area (Å²) in [5.74, 6) is -0.243. The van der Waals surface area contributed by atoms with E-state index >= 15 is 0 Å². The molecule has 18 heavy (non-hydrogen) atoms. The molecule has 0 spiro atoms. The molecule has 1 aliphatic rings. The van der Waals surface area contributed by atoms with Gasteiger partial charge in [0.2, 0.25) is 0 Å². The Morgan fingerprint density at radius 3 is 2.28 bits per heavy atom. The minimum absolute atomic E-state index is 0.243. The van der Waals surface area contributed by atoms with Gasteiger partial charge in [-0.3, -0.25) is 0 Å². The number of halogens is 2. The summed E-state index contributed by atoms with van der Waals surface area (Å²) in [6.45, 7) is 7.96. The van der Waals surface area contributed by atoms with Crippen LogP contribution in [-0.4, -0.2) is 18.3 Å². The predicted octanol–water partition coefficient (Wildman–Crippen LogP) is 3.76. The third-order valence-electron chi connectivity index (χ3n) is 3.72. The highest BCUT2D eigenvalue weighted by Crippen LogP contribution is 2.37. The number of hydrogen-bond acceptors (Lipinski definition) is 2. The van der Waals surface area contributed by atoms with Crippen molar-refractivity contribution in [2.24, 2.45) is 0 Å². The van der Waals surface area contributed by atoms with E-state index in [1.165, 1.54) is 0 Å². The van der Waals surface area contributed by atoms with Gasteiger partial charge in [0.05, 0.1) is 15.7 Å². The Morgan fingerprint density at radius 1 is 1.17 bits per heavy atom. The Hall–Kier alpha value is -0.385. The maximum atomic E-state index is 13.9. The Labute approximate surface area is 116 Å². The first-order valence-electron chi connectivity index (χ1n) is 6.01. The smallest absolute Gasteiger partial charge is 0.403 e. The number of hydrogen-bond donors (Lipinski definition) is 0. The third kappa shape index (κ3) is 2.49. The fourth-order valence-electron chi connectivity index (χ4n) is 1.93. The van der Waals surface area contributed by atoms with Gasteiger partial charge in [-0.1, -0.05) is 12.1 Å². The van der Waals surface area contributed by atoms with Crippen LogP contribution in [0.25, 0.3) is 0 Å². The Morgan fingerprint density at radius 2 is 1.72 bits per heavy atom. The van der Waals surface area contributed by atoms with E-state index in [-0.39, 0.29) is 17.0 Å². The standard InChI is InChI=1S/C13H17BBrFO2/c1-12(2)13(3,4)18-14(17-12)8-9-6-5-7-10(15)11(9)16/h5-7H,8H2,1-4H3. The first-order valence-corrected chi connectivity index (χ1v) is 6.81. The molecule has 0 atom stereocenters. The lowest BCUT2D eigenvalue weighted by atomic mass is 9.80. The summed E-state index contributed by atoms with van der Waals surface area (Å²) in [7, 11) is -0.404. The molecule has 1 aromatic carbocycles. The van der Waals surface area contributed by atoms with Crippen LogP contribution in [0, 0.1) is 5.82 Å². The molecule has 1 aromatic rings. The van der Waals surface area contributed by atoms with Crippen LogP contribution in [-0.2, 0) is 15.6 Å². The lowest BCUT2D eigenvalue weighted by Crippen LogP contribution is -2.41. The van der Waals surface area contributed by atoms with Gasteiger partial charge in [0.15, 0.2) is 0 Å². The molecular formula is C13H17BBrFO2. The molecule has 1 fully saturated rings. The van der Waals surface area contributed by atoms with Crippen molar-refractivity contribution in [3.05, 3.63) is 34.1 Å². The molecule has 0 N–H and O–H groups in total. The van der Waals surface area contributed by atoms with Gasteiger partial charge in [0.1, 0.15) is 5.82 Å². The minimum Gasteiger partial charge on any atom is -0.403 e. The second-order valence-corrected chi connectivity index (χ2v) is 6.46. The topological polar surface area (TPSA) is 18.5 Å². The van der Waals surface area contributed by atoms with Gasteiger partial charge < -0.3 is 9.31 Å². The molecule has 5 heteroatoms. The van der Waals surface area contributed by atoms with Gasteiger partial charge in [-0.25, -0.2) is 4.39 Å². The van der Waals surface area contributed by atoms with Gasteiger partial charge in [-0.2, -0.15) is 0 Å². The van der Waals surface area contributed by atoms with Crippen molar-refractivity contribution in [3.8, 4) is 0 Å². The molecule has 1 heterocycles. The van der Waals surface area contributed by atoms with Crippen LogP contribution < -0.4 is 0 Å². The van der Waals surface area contributed by atoms with E-state index in [0.29, 0.717) is 16.4 Å². The van der Waals surface area contributed by atoms with Gasteiger partial charge in [-0.05, 0) is 55.3 Å². The van der Waals surface area contributed by atoms with Crippen molar-refractivity contribution in [3.63, 3.8) is 0 Å². The Bertz CT molecular complexity index is 446. The van der Waals surface area contributed by atoms with Gasteiger partial charge in [0.25, 0.3) is 0 Å². The lowest BCUT2D eigenvalue weighted by Gasteiger charge is -2.32. The third-order valence-corrected chi connectivity index (χ3v) is 4.33. The van der Waals surface area contributed by atoms with Gasteiger partial charge in [-0.15, -0.1) is 0 Å². The summed E-state index contributed by atoms with van der Waals surface area (Å²) in [4.78, 5) is 0. The van der Waals surface area contributed by atoms with E-state index in [4.69, 9.17) is 9.31 Å². The molecule has 1 saturated heterocycles. The molecule has 1 aliphatic heterocycles. The van der Waals surface area contributed by atoms with Crippen LogP contribution in [0.5, 0.6) is 0 Å². The first-order chi connectivity index (χ1) is 8.23. The molecule has 0 aromatic heterocycles. The van der Waals surface area contributed by atoms with E-state index in [1.54, 1.807) is 12.1 Å². The van der Waals surface area contributed by atoms with Crippen molar-refractivity contribution in [1.82, 2.24) is 0 Å². The highest BCUT2D eigenvalue weighted by molar-refractivity contribution is 9.10. The quantitative estimate of drug-likeness (QED) is 0.774. The summed E-state index contributed by atoms with van der Waals surface area (Å²) in [5, 5.41) is 0. The van der Waals surface area contributed by atoms with Crippen LogP contribution >= 0.6 is 15.9 Å². The van der Waals surface area contributed by atoms with Crippen molar-refractivity contribution in [2.45, 2.75) is 45.2 Å². The summed E-state index contributed by atoms with van der Waals surface area (Å²) in [6, 6.07) is 5.25. The normalized spacial score (nSPS) is 21.3. The zero-order valence-electron chi connectivity index (χ0n) is 11.1. The van der Waals surface area contributed by atoms with Crippen LogP contribution in [0.2, 0.25) is 0 Å². The molecule has 0 amide bonds. The van der Waals surface area contributed by atoms with Gasteiger partial charge >= 0.3 is 7.12 Å². The zero-order chi connectivity index (χ0) is 13.6. The lowest BCUT2D eigenvalue weighted by molar-refractivity contribution is 0.00578. The second kappa shape index (κ2) is 4.62. The average Bonchev–Trinajstić information content (AvgIpc) is 2.43. The van der Waals surface area contributed by atoms with E-state index in [9.17, 15) is 4.39 Å². The molecule has 0 radical (unpaired) electrons. The molecule has 2 rings (SSSR count). The minimum atomic E-state index is -0.404. The van der Waals surface area contributed by atoms with Crippen LogP contribution in [0.1, 0.15) is 33.3 Å². The molecule has 0 aliphatic carbocycles. The summed E-state index contributed by atoms with van der Waals surface area (Å²) >= 11 is 3.18. The van der Waals surface area contributed by atoms with Crippen LogP contribution in [0.3, 0.4) is 0 Å². The van der Waals surface area contributed by atoms with Crippen molar-refractivity contribution < 1.29 is 13.7 Å². The largest absolute Gasteiger partial charge is 0.462 e. The summed E-state index contributed by atoms with van der Waals surface area (Å²) in [6.07, 6.45) is 0.415. The van der Waals surface area contributed by atoms with E-state index in [0.717, 1.165) is 0 Å². The summed E-state index contributed by atoms with van der Waals surface area (Å²) < 4.78 is 26.1. The Kier molecular flexibility index (Phi) is 3.60. The van der Waals surface area contributed by atoms with E-state index < -0.39 is 7.12 Å². The maximum absolute atomic E-state index is 13.9. The monoisotopic (exact) mass is 314 g/mol. The zero-order valence-corrected chi connectivity index (χ0v) is 12.7. The van der Waals surface area contributed by atoms with Crippen molar-refractivity contribution in [2.75, 3.05) is 0 Å². The number of rotatable bonds is 2. The first kappa shape index (κ1) is 14.0. The molecule has 0 bridgehead atoms.